The van der Waals surface area contributed by atoms with Crippen molar-refractivity contribution in [1.82, 2.24) is 15.5 Å². The number of rotatable bonds is 7. The van der Waals surface area contributed by atoms with Crippen molar-refractivity contribution in [3.63, 3.8) is 0 Å². The van der Waals surface area contributed by atoms with Crippen LogP contribution in [0.15, 0.2) is 30.3 Å². The van der Waals surface area contributed by atoms with E-state index in [1.807, 2.05) is 6.07 Å². The van der Waals surface area contributed by atoms with Crippen LogP contribution in [0.1, 0.15) is 24.8 Å². The number of carbonyl (C=O) groups is 1. The zero-order valence-corrected chi connectivity index (χ0v) is 16.7. The lowest BCUT2D eigenvalue weighted by atomic mass is 9.87. The van der Waals surface area contributed by atoms with E-state index in [4.69, 9.17) is 0 Å². The maximum absolute atomic E-state index is 12.5. The van der Waals surface area contributed by atoms with Crippen molar-refractivity contribution in [2.24, 2.45) is 5.92 Å². The maximum Gasteiger partial charge on any atom is 0.237 e. The molecule has 0 spiro atoms. The summed E-state index contributed by atoms with van der Waals surface area (Å²) in [5.41, 5.74) is 1.36. The van der Waals surface area contributed by atoms with Gasteiger partial charge in [-0.2, -0.15) is 0 Å². The fraction of sp³-hybridized carbons (Fsp3) is 0.650. The first-order valence-electron chi connectivity index (χ1n) is 10.00. The summed E-state index contributed by atoms with van der Waals surface area (Å²) in [6.45, 7) is 3.32. The molecule has 2 aliphatic rings. The van der Waals surface area contributed by atoms with Crippen LogP contribution in [0, 0.1) is 5.92 Å². The second-order valence-electron chi connectivity index (χ2n) is 7.71. The molecule has 0 aliphatic carbocycles. The van der Waals surface area contributed by atoms with Gasteiger partial charge in [0.15, 0.2) is 9.84 Å². The monoisotopic (exact) mass is 393 g/mol. The van der Waals surface area contributed by atoms with Gasteiger partial charge in [0.25, 0.3) is 0 Å². The van der Waals surface area contributed by atoms with Crippen LogP contribution in [-0.2, 0) is 21.1 Å². The van der Waals surface area contributed by atoms with Gasteiger partial charge in [-0.3, -0.25) is 9.69 Å². The van der Waals surface area contributed by atoms with Gasteiger partial charge in [0.05, 0.1) is 17.5 Å². The Morgan fingerprint density at radius 1 is 1.19 bits per heavy atom. The Hall–Kier alpha value is -1.44. The third kappa shape index (κ3) is 6.59. The molecule has 1 amide bonds. The summed E-state index contributed by atoms with van der Waals surface area (Å²) in [4.78, 5) is 14.6. The number of hydrogen-bond acceptors (Lipinski definition) is 5. The molecule has 2 atom stereocenters. The van der Waals surface area contributed by atoms with Crippen molar-refractivity contribution < 1.29 is 13.2 Å². The molecule has 1 aromatic rings. The van der Waals surface area contributed by atoms with Crippen LogP contribution in [0.2, 0.25) is 0 Å². The van der Waals surface area contributed by atoms with Crippen LogP contribution < -0.4 is 10.6 Å². The van der Waals surface area contributed by atoms with Crippen LogP contribution in [0.4, 0.5) is 0 Å². The van der Waals surface area contributed by atoms with Crippen LogP contribution in [0.3, 0.4) is 0 Å². The third-order valence-corrected chi connectivity index (χ3v) is 7.29. The number of hydrogen-bond donors (Lipinski definition) is 2. The average molecular weight is 394 g/mol. The van der Waals surface area contributed by atoms with Crippen LogP contribution >= 0.6 is 0 Å². The van der Waals surface area contributed by atoms with E-state index in [1.54, 1.807) is 0 Å². The number of amides is 1. The molecule has 2 aliphatic heterocycles. The molecule has 1 aromatic carbocycles. The largest absolute Gasteiger partial charge is 0.353 e. The predicted octanol–water partition coefficient (Wildman–Crippen LogP) is 0.834. The molecule has 2 unspecified atom stereocenters. The molecular formula is C20H31N3O3S. The molecule has 0 radical (unpaired) electrons. The fourth-order valence-electron chi connectivity index (χ4n) is 3.91. The molecule has 2 fully saturated rings. The van der Waals surface area contributed by atoms with Crippen molar-refractivity contribution in [2.75, 3.05) is 44.2 Å². The van der Waals surface area contributed by atoms with Gasteiger partial charge >= 0.3 is 0 Å². The summed E-state index contributed by atoms with van der Waals surface area (Å²) < 4.78 is 22.9. The van der Waals surface area contributed by atoms with Crippen LogP contribution in [0.5, 0.6) is 0 Å². The Bertz CT molecular complexity index is 694. The summed E-state index contributed by atoms with van der Waals surface area (Å²) in [7, 11) is -2.84. The number of benzene rings is 1. The van der Waals surface area contributed by atoms with E-state index in [2.05, 4.69) is 39.8 Å². The summed E-state index contributed by atoms with van der Waals surface area (Å²) >= 11 is 0. The van der Waals surface area contributed by atoms with Gasteiger partial charge < -0.3 is 10.6 Å². The van der Waals surface area contributed by atoms with Gasteiger partial charge in [0.2, 0.25) is 5.91 Å². The number of aryl methyl sites for hydroxylation is 1. The number of sulfone groups is 1. The van der Waals surface area contributed by atoms with Crippen molar-refractivity contribution in [3.8, 4) is 0 Å². The van der Waals surface area contributed by atoms with Crippen molar-refractivity contribution in [1.29, 1.82) is 0 Å². The van der Waals surface area contributed by atoms with Crippen LogP contribution in [0.25, 0.3) is 0 Å². The standard InChI is InChI=1S/C20H31N3O3S/c24-20(22-10-11-23-12-14-27(25,26)15-13-23)19-16-18(8-9-21-19)7-6-17-4-2-1-3-5-17/h1-5,18-19,21H,6-16H2,(H,22,24). The molecule has 0 saturated carbocycles. The first-order chi connectivity index (χ1) is 13.0. The first kappa shape index (κ1) is 20.3. The highest BCUT2D eigenvalue weighted by molar-refractivity contribution is 7.91. The second kappa shape index (κ2) is 9.66. The maximum atomic E-state index is 12.5. The Kier molecular flexibility index (Phi) is 7.26. The highest BCUT2D eigenvalue weighted by Gasteiger charge is 2.27. The predicted molar refractivity (Wildman–Crippen MR) is 107 cm³/mol. The lowest BCUT2D eigenvalue weighted by Gasteiger charge is -2.30. The molecule has 6 nitrogen and oxygen atoms in total. The molecule has 2 heterocycles. The number of carbonyl (C=O) groups excluding carboxylic acids is 1. The van der Waals surface area contributed by atoms with Crippen molar-refractivity contribution in [3.05, 3.63) is 35.9 Å². The van der Waals surface area contributed by atoms with E-state index in [1.165, 1.54) is 5.56 Å². The van der Waals surface area contributed by atoms with E-state index < -0.39 is 9.84 Å². The average Bonchev–Trinajstić information content (AvgIpc) is 2.68. The molecule has 2 saturated heterocycles. The normalized spacial score (nSPS) is 25.8. The lowest BCUT2D eigenvalue weighted by molar-refractivity contribution is -0.124. The van der Waals surface area contributed by atoms with E-state index >= 15 is 0 Å². The highest BCUT2D eigenvalue weighted by atomic mass is 32.2. The van der Waals surface area contributed by atoms with Gasteiger partial charge in [0.1, 0.15) is 0 Å². The van der Waals surface area contributed by atoms with Crippen molar-refractivity contribution >= 4 is 15.7 Å². The highest BCUT2D eigenvalue weighted by Crippen LogP contribution is 2.22. The quantitative estimate of drug-likeness (QED) is 0.718. The minimum atomic E-state index is -2.84. The van der Waals surface area contributed by atoms with Crippen molar-refractivity contribution in [2.45, 2.75) is 31.7 Å². The molecule has 2 N–H and O–H groups in total. The van der Waals surface area contributed by atoms with Gasteiger partial charge in [-0.25, -0.2) is 8.42 Å². The van der Waals surface area contributed by atoms with E-state index in [9.17, 15) is 13.2 Å². The zero-order chi connectivity index (χ0) is 19.1. The third-order valence-electron chi connectivity index (χ3n) is 5.68. The molecule has 150 valence electrons. The molecule has 3 rings (SSSR count). The fourth-order valence-corrected chi connectivity index (χ4v) is 5.18. The van der Waals surface area contributed by atoms with Gasteiger partial charge in [-0.15, -0.1) is 0 Å². The molecular weight excluding hydrogens is 362 g/mol. The summed E-state index contributed by atoms with van der Waals surface area (Å²) in [5.74, 6) is 1.11. The summed E-state index contributed by atoms with van der Waals surface area (Å²) in [6.07, 6.45) is 4.20. The Morgan fingerprint density at radius 3 is 2.67 bits per heavy atom. The molecule has 7 heteroatoms. The van der Waals surface area contributed by atoms with Gasteiger partial charge in [0, 0.05) is 26.2 Å². The SMILES string of the molecule is O=C(NCCN1CCS(=O)(=O)CC1)C1CC(CCc2ccccc2)CCN1. The summed E-state index contributed by atoms with van der Waals surface area (Å²) in [6, 6.07) is 10.4. The Morgan fingerprint density at radius 2 is 1.93 bits per heavy atom. The molecule has 0 bridgehead atoms. The number of piperidine rings is 1. The molecule has 0 aromatic heterocycles. The van der Waals surface area contributed by atoms with E-state index in [0.29, 0.717) is 32.1 Å². The minimum absolute atomic E-state index is 0.0732. The smallest absolute Gasteiger partial charge is 0.237 e. The van der Waals surface area contributed by atoms with E-state index in [0.717, 1.165) is 32.2 Å². The zero-order valence-electron chi connectivity index (χ0n) is 15.9. The Balaban J connectivity index is 1.35. The topological polar surface area (TPSA) is 78.5 Å². The molecule has 27 heavy (non-hydrogen) atoms. The second-order valence-corrected chi connectivity index (χ2v) is 10.0. The van der Waals surface area contributed by atoms with E-state index in [-0.39, 0.29) is 23.5 Å². The van der Waals surface area contributed by atoms with Crippen LogP contribution in [-0.4, -0.2) is 69.5 Å². The Labute approximate surface area is 162 Å². The number of nitrogens with one attached hydrogen (secondary N) is 2. The minimum Gasteiger partial charge on any atom is -0.353 e. The van der Waals surface area contributed by atoms with Gasteiger partial charge in [-0.1, -0.05) is 30.3 Å². The number of nitrogens with zero attached hydrogens (tertiary/aromatic N) is 1. The summed E-state index contributed by atoms with van der Waals surface area (Å²) in [5, 5.41) is 6.36. The first-order valence-corrected chi connectivity index (χ1v) is 11.8. The lowest BCUT2D eigenvalue weighted by Crippen LogP contribution is -2.50. The van der Waals surface area contributed by atoms with Gasteiger partial charge in [-0.05, 0) is 43.7 Å².